The summed E-state index contributed by atoms with van der Waals surface area (Å²) in [6.07, 6.45) is 0. The number of para-hydroxylation sites is 4. The van der Waals surface area contributed by atoms with E-state index in [1.165, 1.54) is 4.60 Å². The summed E-state index contributed by atoms with van der Waals surface area (Å²) < 4.78 is 19.5. The van der Waals surface area contributed by atoms with Crippen molar-refractivity contribution in [1.82, 2.24) is 9.21 Å². The van der Waals surface area contributed by atoms with Gasteiger partial charge in [0.2, 0.25) is 0 Å². The summed E-state index contributed by atoms with van der Waals surface area (Å²) in [6, 6.07) is 34.6. The summed E-state index contributed by atoms with van der Waals surface area (Å²) >= 11 is 0. The second-order valence-electron chi connectivity index (χ2n) is 7.91. The molecule has 0 radical (unpaired) electrons. The molecule has 196 valence electrons. The van der Waals surface area contributed by atoms with Crippen LogP contribution in [0.2, 0.25) is 0 Å². The van der Waals surface area contributed by atoms with Crippen LogP contribution in [-0.4, -0.2) is 9.21 Å². The highest BCUT2D eigenvalue weighted by molar-refractivity contribution is 7.93. The van der Waals surface area contributed by atoms with Crippen LogP contribution in [-0.2, 0) is 0 Å². The van der Waals surface area contributed by atoms with Crippen LogP contribution < -0.4 is 18.7 Å². The fourth-order valence-electron chi connectivity index (χ4n) is 3.44. The highest BCUT2D eigenvalue weighted by atomic mass is 31.3. The van der Waals surface area contributed by atoms with E-state index in [4.69, 9.17) is 18.7 Å². The van der Waals surface area contributed by atoms with Crippen LogP contribution in [0.5, 0.6) is 23.0 Å². The Bertz CT molecular complexity index is 1610. The average molecular weight is 585 g/mol. The number of nitriles is 3. The summed E-state index contributed by atoms with van der Waals surface area (Å²) in [5.41, 5.74) is 0. The summed E-state index contributed by atoms with van der Waals surface area (Å²) in [5.74, 6) is 7.67. The highest BCUT2D eigenvalue weighted by Crippen LogP contribution is 2.85. The van der Waals surface area contributed by atoms with Crippen molar-refractivity contribution < 1.29 is 18.7 Å². The molecule has 10 nitrogen and oxygen atoms in total. The molecule has 0 amide bonds. The molecule has 4 aromatic rings. The van der Waals surface area contributed by atoms with E-state index in [1.807, 2.05) is 23.8 Å². The van der Waals surface area contributed by atoms with E-state index in [9.17, 15) is 15.8 Å². The van der Waals surface area contributed by atoms with Gasteiger partial charge in [0.15, 0.2) is 17.2 Å². The van der Waals surface area contributed by atoms with E-state index in [-0.39, 0.29) is 5.75 Å². The highest BCUT2D eigenvalue weighted by Gasteiger charge is 2.75. The van der Waals surface area contributed by atoms with Crippen molar-refractivity contribution in [3.63, 3.8) is 0 Å². The Balaban J connectivity index is 1.76. The van der Waals surface area contributed by atoms with E-state index in [2.05, 4.69) is 10.3 Å². The fraction of sp³-hybridized carbons (Fsp3) is 0. The van der Waals surface area contributed by atoms with Gasteiger partial charge in [0, 0.05) is 0 Å². The predicted octanol–water partition coefficient (Wildman–Crippen LogP) is 8.30. The second kappa shape index (κ2) is 12.2. The number of nitrogens with zero attached hydrogens (tertiary/aromatic N) is 6. The minimum absolute atomic E-state index is 0.277. The van der Waals surface area contributed by atoms with Crippen LogP contribution in [0.4, 0.5) is 0 Å². The van der Waals surface area contributed by atoms with Gasteiger partial charge in [0.25, 0.3) is 0 Å². The third kappa shape index (κ3) is 5.48. The molecule has 40 heavy (non-hydrogen) atoms. The van der Waals surface area contributed by atoms with Crippen molar-refractivity contribution in [2.75, 3.05) is 0 Å². The van der Waals surface area contributed by atoms with Gasteiger partial charge in [-0.15, -0.1) is 5.26 Å². The maximum Gasteiger partial charge on any atom is 0.525 e. The minimum Gasteiger partial charge on any atom is -0.435 e. The normalized spacial score (nSPS) is 20.0. The summed E-state index contributed by atoms with van der Waals surface area (Å²) in [5, 5.41) is 31.9. The Morgan fingerprint density at radius 3 is 1.55 bits per heavy atom. The molecule has 0 N–H and O–H groups in total. The molecule has 13 heteroatoms. The Labute approximate surface area is 233 Å². The zero-order chi connectivity index (χ0) is 27.8. The van der Waals surface area contributed by atoms with Gasteiger partial charge in [0.05, 0.1) is 0 Å². The lowest BCUT2D eigenvalue weighted by Gasteiger charge is -2.38. The minimum atomic E-state index is -4.05. The molecular formula is C27H20N6O4P3+. The molecule has 2 unspecified atom stereocenters. The summed E-state index contributed by atoms with van der Waals surface area (Å²) in [6.45, 7) is 0. The molecule has 4 aromatic carbocycles. The van der Waals surface area contributed by atoms with Crippen molar-refractivity contribution >= 4 is 23.4 Å². The SMILES string of the molecule is N#CP1(C#N)=NP(Oc2ccccc2)N(Oc2ccccc2)[P+](C#N)(Oc2ccccc2)N1Oc1ccccc1. The van der Waals surface area contributed by atoms with Gasteiger partial charge in [0.1, 0.15) is 26.6 Å². The lowest BCUT2D eigenvalue weighted by molar-refractivity contribution is 0.0625. The molecule has 1 aliphatic rings. The molecule has 0 saturated heterocycles. The van der Waals surface area contributed by atoms with Gasteiger partial charge in [-0.1, -0.05) is 72.8 Å². The van der Waals surface area contributed by atoms with E-state index in [1.54, 1.807) is 109 Å². The van der Waals surface area contributed by atoms with E-state index in [0.717, 1.165) is 4.60 Å². The standard InChI is InChI=1S/C27H20N6O4P3/c28-21-39(22-29)31-38(36-26-17-9-3-10-18-26)32(34-24-13-5-1-6-14-24)40(23-30,37-27-19-11-4-12-20-27)33(39)35-25-15-7-2-8-16-25/h1-20H/q+1. The second-order valence-corrected chi connectivity index (χ2v) is 14.5. The predicted molar refractivity (Wildman–Crippen MR) is 152 cm³/mol. The number of hydrogen-bond acceptors (Lipinski definition) is 10. The zero-order valence-electron chi connectivity index (χ0n) is 20.7. The van der Waals surface area contributed by atoms with E-state index >= 15 is 0 Å². The van der Waals surface area contributed by atoms with Crippen molar-refractivity contribution in [3.8, 4) is 40.4 Å². The maximum absolute atomic E-state index is 11.0. The van der Waals surface area contributed by atoms with Crippen molar-refractivity contribution in [1.29, 1.82) is 15.8 Å². The molecule has 0 spiro atoms. The van der Waals surface area contributed by atoms with Crippen molar-refractivity contribution in [3.05, 3.63) is 121 Å². The Morgan fingerprint density at radius 2 is 1.07 bits per heavy atom. The van der Waals surface area contributed by atoms with Crippen molar-refractivity contribution in [2.45, 2.75) is 0 Å². The molecular weight excluding hydrogens is 565 g/mol. The third-order valence-corrected chi connectivity index (χ3v) is 13.3. The Kier molecular flexibility index (Phi) is 8.26. The lowest BCUT2D eigenvalue weighted by Crippen LogP contribution is -2.40. The largest absolute Gasteiger partial charge is 0.525 e. The van der Waals surface area contributed by atoms with Crippen molar-refractivity contribution in [2.24, 2.45) is 4.52 Å². The van der Waals surface area contributed by atoms with Gasteiger partial charge in [-0.05, 0) is 48.5 Å². The molecule has 5 rings (SSSR count). The van der Waals surface area contributed by atoms with Gasteiger partial charge < -0.3 is 14.2 Å². The molecule has 2 atom stereocenters. The van der Waals surface area contributed by atoms with Gasteiger partial charge in [-0.25, -0.2) is 0 Å². The van der Waals surface area contributed by atoms with Gasteiger partial charge in [-0.3, -0.25) is 4.52 Å². The first kappa shape index (κ1) is 27.1. The van der Waals surface area contributed by atoms with Gasteiger partial charge >= 0.3 is 29.3 Å². The quantitative estimate of drug-likeness (QED) is 0.188. The van der Waals surface area contributed by atoms with Crippen LogP contribution in [0.1, 0.15) is 0 Å². The summed E-state index contributed by atoms with van der Waals surface area (Å²) in [7, 11) is -10.3. The topological polar surface area (TPSA) is 127 Å². The fourth-order valence-corrected chi connectivity index (χ4v) is 11.9. The van der Waals surface area contributed by atoms with Crippen LogP contribution in [0, 0.1) is 33.2 Å². The van der Waals surface area contributed by atoms with Crippen LogP contribution >= 0.6 is 23.4 Å². The van der Waals surface area contributed by atoms with E-state index in [0.29, 0.717) is 17.2 Å². The van der Waals surface area contributed by atoms with Crippen LogP contribution in [0.3, 0.4) is 0 Å². The van der Waals surface area contributed by atoms with Crippen LogP contribution in [0.15, 0.2) is 126 Å². The first-order chi connectivity index (χ1) is 19.6. The summed E-state index contributed by atoms with van der Waals surface area (Å²) in [4.78, 5) is 12.5. The van der Waals surface area contributed by atoms with Crippen LogP contribution in [0.25, 0.3) is 0 Å². The molecule has 1 heterocycles. The molecule has 0 aromatic heterocycles. The Morgan fingerprint density at radius 1 is 0.625 bits per heavy atom. The van der Waals surface area contributed by atoms with Gasteiger partial charge in [-0.2, -0.15) is 15.0 Å². The average Bonchev–Trinajstić information content (AvgIpc) is 3.02. The smallest absolute Gasteiger partial charge is 0.435 e. The molecule has 0 bridgehead atoms. The monoisotopic (exact) mass is 585 g/mol. The first-order valence-electron chi connectivity index (χ1n) is 11.7. The number of benzene rings is 4. The molecule has 0 fully saturated rings. The molecule has 0 saturated carbocycles. The molecule has 1 aliphatic heterocycles. The maximum atomic E-state index is 11.0. The lowest BCUT2D eigenvalue weighted by atomic mass is 10.3. The number of hydrogen-bond donors (Lipinski definition) is 0. The Hall–Kier alpha value is -4.44. The molecule has 0 aliphatic carbocycles. The third-order valence-electron chi connectivity index (χ3n) is 5.24. The first-order valence-corrected chi connectivity index (χ1v) is 16.2. The number of rotatable bonds is 8. The van der Waals surface area contributed by atoms with E-state index < -0.39 is 23.4 Å². The zero-order valence-corrected chi connectivity index (χ0v) is 23.4.